The van der Waals surface area contributed by atoms with Gasteiger partial charge in [0, 0.05) is 0 Å². The van der Waals surface area contributed by atoms with E-state index in [0.29, 0.717) is 0 Å². The zero-order chi connectivity index (χ0) is 12.9. The molecule has 0 saturated heterocycles. The van der Waals surface area contributed by atoms with Crippen LogP contribution in [-0.4, -0.2) is 0 Å². The molecule has 0 aliphatic carbocycles. The first-order chi connectivity index (χ1) is 8.24. The molecule has 17 heavy (non-hydrogen) atoms. The standard InChI is InChI=1S/C17H36/c1-5-8-10-11-14-17(13-9-6-2)15-16(4)12-7-3/h16-17H,5-15H2,1-4H3. The van der Waals surface area contributed by atoms with Gasteiger partial charge in [0.25, 0.3) is 0 Å². The van der Waals surface area contributed by atoms with Crippen LogP contribution in [0.3, 0.4) is 0 Å². The van der Waals surface area contributed by atoms with Gasteiger partial charge in [0.1, 0.15) is 0 Å². The van der Waals surface area contributed by atoms with Gasteiger partial charge in [0.05, 0.1) is 0 Å². The summed E-state index contributed by atoms with van der Waals surface area (Å²) in [6, 6.07) is 0. The number of hydrogen-bond donors (Lipinski definition) is 0. The van der Waals surface area contributed by atoms with E-state index in [-0.39, 0.29) is 0 Å². The molecule has 0 spiro atoms. The zero-order valence-electron chi connectivity index (χ0n) is 12.9. The SMILES string of the molecule is CCCCCCC(CCCC)CC(C)CCC. The molecule has 0 saturated carbocycles. The zero-order valence-corrected chi connectivity index (χ0v) is 12.9. The van der Waals surface area contributed by atoms with Gasteiger partial charge in [-0.05, 0) is 18.3 Å². The monoisotopic (exact) mass is 240 g/mol. The van der Waals surface area contributed by atoms with E-state index in [0.717, 1.165) is 11.8 Å². The van der Waals surface area contributed by atoms with Crippen molar-refractivity contribution >= 4 is 0 Å². The lowest BCUT2D eigenvalue weighted by molar-refractivity contribution is 0.320. The summed E-state index contributed by atoms with van der Waals surface area (Å²) < 4.78 is 0. The molecule has 0 bridgehead atoms. The van der Waals surface area contributed by atoms with Crippen molar-refractivity contribution in [2.45, 2.75) is 98.3 Å². The molecule has 0 radical (unpaired) electrons. The minimum Gasteiger partial charge on any atom is -0.0654 e. The van der Waals surface area contributed by atoms with E-state index in [1.807, 2.05) is 0 Å². The molecule has 0 aliphatic rings. The second-order valence-electron chi connectivity index (χ2n) is 5.99. The Morgan fingerprint density at radius 2 is 1.29 bits per heavy atom. The van der Waals surface area contributed by atoms with E-state index >= 15 is 0 Å². The van der Waals surface area contributed by atoms with Crippen molar-refractivity contribution < 1.29 is 0 Å². The molecule has 0 N–H and O–H groups in total. The minimum atomic E-state index is 0.952. The Labute approximate surface area is 111 Å². The topological polar surface area (TPSA) is 0 Å². The average molecular weight is 240 g/mol. The van der Waals surface area contributed by atoms with Gasteiger partial charge in [0.2, 0.25) is 0 Å². The molecule has 0 heterocycles. The molecule has 0 rings (SSSR count). The third-order valence-corrected chi connectivity index (χ3v) is 3.95. The molecule has 0 nitrogen and oxygen atoms in total. The summed E-state index contributed by atoms with van der Waals surface area (Å²) in [6.45, 7) is 9.40. The molecule has 0 aliphatic heterocycles. The third-order valence-electron chi connectivity index (χ3n) is 3.95. The van der Waals surface area contributed by atoms with Crippen molar-refractivity contribution in [3.63, 3.8) is 0 Å². The van der Waals surface area contributed by atoms with Gasteiger partial charge in [-0.1, -0.05) is 91.9 Å². The highest BCUT2D eigenvalue weighted by Crippen LogP contribution is 2.26. The summed E-state index contributed by atoms with van der Waals surface area (Å²) >= 11 is 0. The number of unbranched alkanes of at least 4 members (excludes halogenated alkanes) is 4. The van der Waals surface area contributed by atoms with Gasteiger partial charge < -0.3 is 0 Å². The van der Waals surface area contributed by atoms with Crippen molar-refractivity contribution in [3.8, 4) is 0 Å². The first-order valence-electron chi connectivity index (χ1n) is 8.24. The lowest BCUT2D eigenvalue weighted by atomic mass is 9.86. The summed E-state index contributed by atoms with van der Waals surface area (Å²) in [4.78, 5) is 0. The lowest BCUT2D eigenvalue weighted by Gasteiger charge is -2.20. The van der Waals surface area contributed by atoms with Crippen molar-refractivity contribution in [1.82, 2.24) is 0 Å². The predicted molar refractivity (Wildman–Crippen MR) is 80.5 cm³/mol. The van der Waals surface area contributed by atoms with Gasteiger partial charge >= 0.3 is 0 Å². The highest BCUT2D eigenvalue weighted by Gasteiger charge is 2.12. The molecule has 0 aromatic carbocycles. The normalized spacial score (nSPS) is 14.8. The Bertz CT molecular complexity index is 139. The van der Waals surface area contributed by atoms with Gasteiger partial charge in [-0.15, -0.1) is 0 Å². The van der Waals surface area contributed by atoms with E-state index < -0.39 is 0 Å². The van der Waals surface area contributed by atoms with Gasteiger partial charge in [-0.3, -0.25) is 0 Å². The summed E-state index contributed by atoms with van der Waals surface area (Å²) in [5.74, 6) is 1.97. The van der Waals surface area contributed by atoms with E-state index in [1.165, 1.54) is 70.6 Å². The predicted octanol–water partition coefficient (Wildman–Crippen LogP) is 6.59. The lowest BCUT2D eigenvalue weighted by Crippen LogP contribution is -2.07. The molecule has 0 heteroatoms. The second-order valence-corrected chi connectivity index (χ2v) is 5.99. The molecule has 2 unspecified atom stereocenters. The van der Waals surface area contributed by atoms with E-state index in [2.05, 4.69) is 27.7 Å². The number of hydrogen-bond acceptors (Lipinski definition) is 0. The van der Waals surface area contributed by atoms with Crippen molar-refractivity contribution in [2.75, 3.05) is 0 Å². The number of rotatable bonds is 12. The summed E-state index contributed by atoms with van der Waals surface area (Å²) in [6.07, 6.45) is 15.8. The molecule has 0 aromatic heterocycles. The Morgan fingerprint density at radius 3 is 1.88 bits per heavy atom. The van der Waals surface area contributed by atoms with Crippen molar-refractivity contribution in [1.29, 1.82) is 0 Å². The maximum absolute atomic E-state index is 2.45. The van der Waals surface area contributed by atoms with Crippen LogP contribution in [0.2, 0.25) is 0 Å². The van der Waals surface area contributed by atoms with Crippen LogP contribution in [0.1, 0.15) is 98.3 Å². The highest BCUT2D eigenvalue weighted by molar-refractivity contribution is 4.64. The summed E-state index contributed by atoms with van der Waals surface area (Å²) in [5.41, 5.74) is 0. The van der Waals surface area contributed by atoms with Crippen LogP contribution >= 0.6 is 0 Å². The molecule has 0 fully saturated rings. The quantitative estimate of drug-likeness (QED) is 0.338. The van der Waals surface area contributed by atoms with E-state index in [4.69, 9.17) is 0 Å². The van der Waals surface area contributed by atoms with Gasteiger partial charge in [-0.25, -0.2) is 0 Å². The van der Waals surface area contributed by atoms with Crippen LogP contribution in [0.4, 0.5) is 0 Å². The maximum Gasteiger partial charge on any atom is -0.0412 e. The van der Waals surface area contributed by atoms with E-state index in [1.54, 1.807) is 0 Å². The fraction of sp³-hybridized carbons (Fsp3) is 1.00. The molecule has 0 amide bonds. The van der Waals surface area contributed by atoms with Crippen LogP contribution in [0.5, 0.6) is 0 Å². The largest absolute Gasteiger partial charge is 0.0654 e. The Balaban J connectivity index is 3.78. The highest BCUT2D eigenvalue weighted by atomic mass is 14.2. The average Bonchev–Trinajstić information content (AvgIpc) is 2.31. The Hall–Kier alpha value is 0. The van der Waals surface area contributed by atoms with Crippen LogP contribution in [0.25, 0.3) is 0 Å². The molecule has 0 aromatic rings. The Kier molecular flexibility index (Phi) is 12.5. The van der Waals surface area contributed by atoms with Crippen molar-refractivity contribution in [2.24, 2.45) is 11.8 Å². The summed E-state index contributed by atoms with van der Waals surface area (Å²) in [7, 11) is 0. The maximum atomic E-state index is 2.45. The molecule has 2 atom stereocenters. The van der Waals surface area contributed by atoms with Gasteiger partial charge in [-0.2, -0.15) is 0 Å². The van der Waals surface area contributed by atoms with Crippen molar-refractivity contribution in [3.05, 3.63) is 0 Å². The first-order valence-corrected chi connectivity index (χ1v) is 8.24. The minimum absolute atomic E-state index is 0.952. The molecular weight excluding hydrogens is 204 g/mol. The smallest absolute Gasteiger partial charge is 0.0412 e. The van der Waals surface area contributed by atoms with Crippen LogP contribution in [0.15, 0.2) is 0 Å². The molecular formula is C17H36. The fourth-order valence-electron chi connectivity index (χ4n) is 2.91. The van der Waals surface area contributed by atoms with Gasteiger partial charge in [0.15, 0.2) is 0 Å². The second kappa shape index (κ2) is 12.5. The third kappa shape index (κ3) is 10.9. The van der Waals surface area contributed by atoms with Crippen LogP contribution < -0.4 is 0 Å². The first kappa shape index (κ1) is 17.0. The van der Waals surface area contributed by atoms with Crippen LogP contribution in [-0.2, 0) is 0 Å². The van der Waals surface area contributed by atoms with E-state index in [9.17, 15) is 0 Å². The summed E-state index contributed by atoms with van der Waals surface area (Å²) in [5, 5.41) is 0. The van der Waals surface area contributed by atoms with Crippen LogP contribution in [0, 0.1) is 11.8 Å². The fourth-order valence-corrected chi connectivity index (χ4v) is 2.91. The molecule has 104 valence electrons. The Morgan fingerprint density at radius 1 is 0.647 bits per heavy atom.